The molecule has 1 aliphatic heterocycles. The van der Waals surface area contributed by atoms with Crippen molar-refractivity contribution < 1.29 is 23.5 Å². The van der Waals surface area contributed by atoms with Gasteiger partial charge in [-0.3, -0.25) is 9.78 Å². The van der Waals surface area contributed by atoms with Gasteiger partial charge in [-0.25, -0.2) is 14.2 Å². The van der Waals surface area contributed by atoms with Gasteiger partial charge in [0, 0.05) is 55.1 Å². The van der Waals surface area contributed by atoms with Gasteiger partial charge in [-0.15, -0.1) is 0 Å². The minimum Gasteiger partial charge on any atom is -0.444 e. The Hall–Kier alpha value is -3.70. The van der Waals surface area contributed by atoms with Crippen molar-refractivity contribution in [2.24, 2.45) is 0 Å². The average molecular weight is 587 g/mol. The second-order valence-corrected chi connectivity index (χ2v) is 11.4. The van der Waals surface area contributed by atoms with Crippen molar-refractivity contribution in [3.8, 4) is 0 Å². The van der Waals surface area contributed by atoms with Crippen LogP contribution >= 0.6 is 11.6 Å². The standard InChI is InChI=1S/C29H36ClFN6O4/c1-18(34-22-15-20(30)14-21(31)16-22)23-12-19(27(38)32-6-7-36(5)28(39)41-29(2,3)4)13-24-26(23)35-25(17-33-24)37-8-10-40-11-9-37/h12-18,34H,6-11H2,1-5H3,(H,32,38). The van der Waals surface area contributed by atoms with Gasteiger partial charge in [0.1, 0.15) is 17.2 Å². The van der Waals surface area contributed by atoms with Crippen molar-refractivity contribution in [1.82, 2.24) is 20.2 Å². The molecule has 1 aliphatic rings. The molecule has 1 unspecified atom stereocenters. The Morgan fingerprint density at radius 1 is 1.20 bits per heavy atom. The maximum atomic E-state index is 14.0. The summed E-state index contributed by atoms with van der Waals surface area (Å²) in [5.74, 6) is -0.0767. The van der Waals surface area contributed by atoms with E-state index >= 15 is 0 Å². The summed E-state index contributed by atoms with van der Waals surface area (Å²) in [7, 11) is 1.61. The fourth-order valence-electron chi connectivity index (χ4n) is 4.37. The Morgan fingerprint density at radius 3 is 2.61 bits per heavy atom. The first kappa shape index (κ1) is 30.3. The van der Waals surface area contributed by atoms with Gasteiger partial charge in [0.15, 0.2) is 0 Å². The number of ether oxygens (including phenoxy) is 2. The van der Waals surface area contributed by atoms with Crippen LogP contribution in [0, 0.1) is 5.82 Å². The Morgan fingerprint density at radius 2 is 1.93 bits per heavy atom. The van der Waals surface area contributed by atoms with Crippen molar-refractivity contribution in [3.05, 3.63) is 58.5 Å². The number of fused-ring (bicyclic) bond motifs is 1. The molecule has 2 N–H and O–H groups in total. The van der Waals surface area contributed by atoms with Gasteiger partial charge in [0.25, 0.3) is 5.91 Å². The molecule has 2 aromatic carbocycles. The highest BCUT2D eigenvalue weighted by Crippen LogP contribution is 2.29. The number of hydrogen-bond donors (Lipinski definition) is 2. The smallest absolute Gasteiger partial charge is 0.410 e. The second-order valence-electron chi connectivity index (χ2n) is 10.9. The molecule has 1 saturated heterocycles. The van der Waals surface area contributed by atoms with Crippen molar-refractivity contribution >= 4 is 46.1 Å². The molecule has 0 spiro atoms. The lowest BCUT2D eigenvalue weighted by Gasteiger charge is -2.28. The second kappa shape index (κ2) is 12.9. The maximum absolute atomic E-state index is 14.0. The fraction of sp³-hybridized carbons (Fsp3) is 0.448. The molecular formula is C29H36ClFN6O4. The number of aromatic nitrogens is 2. The highest BCUT2D eigenvalue weighted by atomic mass is 35.5. The van der Waals surface area contributed by atoms with E-state index in [1.165, 1.54) is 17.0 Å². The molecule has 0 radical (unpaired) electrons. The highest BCUT2D eigenvalue weighted by Gasteiger charge is 2.21. The predicted octanol–water partition coefficient (Wildman–Crippen LogP) is 5.03. The minimum atomic E-state index is -0.611. The minimum absolute atomic E-state index is 0.221. The number of anilines is 2. The third kappa shape index (κ3) is 8.17. The summed E-state index contributed by atoms with van der Waals surface area (Å²) >= 11 is 6.07. The van der Waals surface area contributed by atoms with Crippen LogP contribution in [0.1, 0.15) is 49.7 Å². The average Bonchev–Trinajstić information content (AvgIpc) is 2.90. The van der Waals surface area contributed by atoms with Crippen LogP contribution in [-0.2, 0) is 9.47 Å². The number of morpholine rings is 1. The molecule has 0 aliphatic carbocycles. The molecule has 41 heavy (non-hydrogen) atoms. The Balaban J connectivity index is 1.59. The Kier molecular flexibility index (Phi) is 9.49. The number of nitrogens with zero attached hydrogens (tertiary/aromatic N) is 4. The van der Waals surface area contributed by atoms with Gasteiger partial charge in [0.05, 0.1) is 36.5 Å². The molecule has 3 aromatic rings. The molecule has 2 heterocycles. The number of carbonyl (C=O) groups excluding carboxylic acids is 2. The number of rotatable bonds is 8. The molecule has 10 nitrogen and oxygen atoms in total. The summed E-state index contributed by atoms with van der Waals surface area (Å²) in [6.45, 7) is 10.4. The van der Waals surface area contributed by atoms with Gasteiger partial charge in [-0.05, 0) is 58.0 Å². The molecular weight excluding hydrogens is 551 g/mol. The number of halogens is 2. The molecule has 1 fully saturated rings. The molecule has 12 heteroatoms. The van der Waals surface area contributed by atoms with Crippen molar-refractivity contribution in [1.29, 1.82) is 0 Å². The zero-order valence-corrected chi connectivity index (χ0v) is 24.7. The summed E-state index contributed by atoms with van der Waals surface area (Å²) < 4.78 is 24.8. The summed E-state index contributed by atoms with van der Waals surface area (Å²) in [5.41, 5.74) is 2.14. The van der Waals surface area contributed by atoms with E-state index in [0.29, 0.717) is 60.0 Å². The highest BCUT2D eigenvalue weighted by molar-refractivity contribution is 6.30. The van der Waals surface area contributed by atoms with Gasteiger partial charge < -0.3 is 29.9 Å². The van der Waals surface area contributed by atoms with Crippen LogP contribution in [0.3, 0.4) is 0 Å². The lowest BCUT2D eigenvalue weighted by Crippen LogP contribution is -2.39. The van der Waals surface area contributed by atoms with Crippen LogP contribution in [0.15, 0.2) is 36.5 Å². The van der Waals surface area contributed by atoms with E-state index in [1.54, 1.807) is 52.2 Å². The number of likely N-dealkylation sites (N-methyl/N-ethyl adjacent to an activating group) is 1. The lowest BCUT2D eigenvalue weighted by atomic mass is 10.0. The summed E-state index contributed by atoms with van der Waals surface area (Å²) in [6.07, 6.45) is 1.22. The van der Waals surface area contributed by atoms with Gasteiger partial charge in [-0.2, -0.15) is 0 Å². The molecule has 220 valence electrons. The monoisotopic (exact) mass is 586 g/mol. The van der Waals surface area contributed by atoms with Gasteiger partial charge >= 0.3 is 6.09 Å². The normalized spacial score (nSPS) is 14.5. The van der Waals surface area contributed by atoms with Gasteiger partial charge in [-0.1, -0.05) is 11.6 Å². The third-order valence-electron chi connectivity index (χ3n) is 6.41. The van der Waals surface area contributed by atoms with Crippen LogP contribution in [0.5, 0.6) is 0 Å². The fourth-order valence-corrected chi connectivity index (χ4v) is 4.60. The third-order valence-corrected chi connectivity index (χ3v) is 6.63. The van der Waals surface area contributed by atoms with E-state index in [1.807, 2.05) is 6.92 Å². The van der Waals surface area contributed by atoms with E-state index in [2.05, 4.69) is 20.5 Å². The molecule has 0 bridgehead atoms. The van der Waals surface area contributed by atoms with E-state index in [4.69, 9.17) is 26.1 Å². The predicted molar refractivity (Wildman–Crippen MR) is 157 cm³/mol. The number of carbonyl (C=O) groups is 2. The van der Waals surface area contributed by atoms with Crippen LogP contribution in [-0.4, -0.2) is 78.9 Å². The van der Waals surface area contributed by atoms with Crippen LogP contribution in [0.25, 0.3) is 11.0 Å². The summed E-state index contributed by atoms with van der Waals surface area (Å²) in [6, 6.07) is 7.28. The number of hydrogen-bond acceptors (Lipinski definition) is 8. The first-order valence-corrected chi connectivity index (χ1v) is 13.9. The van der Waals surface area contributed by atoms with Gasteiger partial charge in [0.2, 0.25) is 0 Å². The molecule has 0 saturated carbocycles. The number of benzene rings is 2. The van der Waals surface area contributed by atoms with Crippen molar-refractivity contribution in [3.63, 3.8) is 0 Å². The summed E-state index contributed by atoms with van der Waals surface area (Å²) in [4.78, 5) is 38.5. The molecule has 4 rings (SSSR count). The Bertz CT molecular complexity index is 1390. The molecule has 2 amide bonds. The first-order chi connectivity index (χ1) is 19.4. The molecule has 1 atom stereocenters. The van der Waals surface area contributed by atoms with Crippen molar-refractivity contribution in [2.45, 2.75) is 39.3 Å². The Labute approximate surface area is 244 Å². The van der Waals surface area contributed by atoms with Crippen LogP contribution < -0.4 is 15.5 Å². The first-order valence-electron chi connectivity index (χ1n) is 13.5. The number of nitrogens with one attached hydrogen (secondary N) is 2. The maximum Gasteiger partial charge on any atom is 0.410 e. The number of amides is 2. The SMILES string of the molecule is CC(Nc1cc(F)cc(Cl)c1)c1cc(C(=O)NCCN(C)C(=O)OC(C)(C)C)cc2ncc(N3CCOCC3)nc12. The topological polar surface area (TPSA) is 109 Å². The van der Waals surface area contributed by atoms with Crippen molar-refractivity contribution in [2.75, 3.05) is 56.7 Å². The quantitative estimate of drug-likeness (QED) is 0.378. The zero-order chi connectivity index (χ0) is 29.7. The zero-order valence-electron chi connectivity index (χ0n) is 24.0. The van der Waals surface area contributed by atoms with E-state index in [9.17, 15) is 14.0 Å². The van der Waals surface area contributed by atoms with E-state index in [-0.39, 0.29) is 30.1 Å². The van der Waals surface area contributed by atoms with E-state index < -0.39 is 17.5 Å². The van der Waals surface area contributed by atoms with Crippen LogP contribution in [0.4, 0.5) is 20.7 Å². The summed E-state index contributed by atoms with van der Waals surface area (Å²) in [5, 5.41) is 6.40. The van der Waals surface area contributed by atoms with Crippen LogP contribution in [0.2, 0.25) is 5.02 Å². The lowest BCUT2D eigenvalue weighted by molar-refractivity contribution is 0.0299. The molecule has 1 aromatic heterocycles. The largest absolute Gasteiger partial charge is 0.444 e. The van der Waals surface area contributed by atoms with E-state index in [0.717, 1.165) is 0 Å².